The Morgan fingerprint density at radius 3 is 2.79 bits per heavy atom. The van der Waals surface area contributed by atoms with Crippen LogP contribution in [0.2, 0.25) is 0 Å². The Labute approximate surface area is 113 Å². The molecule has 0 aliphatic carbocycles. The van der Waals surface area contributed by atoms with E-state index in [0.717, 1.165) is 26.1 Å². The molecule has 0 bridgehead atoms. The van der Waals surface area contributed by atoms with Crippen molar-refractivity contribution in [2.75, 3.05) is 32.8 Å². The summed E-state index contributed by atoms with van der Waals surface area (Å²) >= 11 is 0. The molecule has 19 heavy (non-hydrogen) atoms. The summed E-state index contributed by atoms with van der Waals surface area (Å²) in [5.41, 5.74) is 0. The van der Waals surface area contributed by atoms with Crippen LogP contribution in [-0.4, -0.2) is 71.7 Å². The number of nitrogens with zero attached hydrogens (tertiary/aromatic N) is 2. The molecule has 108 valence electrons. The quantitative estimate of drug-likeness (QED) is 0.788. The van der Waals surface area contributed by atoms with Crippen molar-refractivity contribution in [2.45, 2.75) is 38.3 Å². The number of hydrogen-bond donors (Lipinski definition) is 1. The van der Waals surface area contributed by atoms with Crippen LogP contribution in [0.25, 0.3) is 0 Å². The normalized spacial score (nSPS) is 27.9. The SMILES string of the molecule is CC1CN2CCCCC2CN1C(=O)COCC(=O)O. The van der Waals surface area contributed by atoms with Gasteiger partial charge < -0.3 is 14.7 Å². The number of carbonyl (C=O) groups excluding carboxylic acids is 1. The zero-order valence-electron chi connectivity index (χ0n) is 11.4. The van der Waals surface area contributed by atoms with Crippen molar-refractivity contribution < 1.29 is 19.4 Å². The Kier molecular flexibility index (Phi) is 4.76. The van der Waals surface area contributed by atoms with Crippen LogP contribution in [0.4, 0.5) is 0 Å². The Hall–Kier alpha value is -1.14. The first-order valence-electron chi connectivity index (χ1n) is 6.91. The molecule has 6 nitrogen and oxygen atoms in total. The van der Waals surface area contributed by atoms with Gasteiger partial charge in [0.05, 0.1) is 0 Å². The summed E-state index contributed by atoms with van der Waals surface area (Å²) in [7, 11) is 0. The molecule has 6 heteroatoms. The summed E-state index contributed by atoms with van der Waals surface area (Å²) in [5, 5.41) is 8.49. The standard InChI is InChI=1S/C13H22N2O4/c1-10-6-14-5-3-2-4-11(14)7-15(10)12(16)8-19-9-13(17)18/h10-11H,2-9H2,1H3,(H,17,18). The first kappa shape index (κ1) is 14.3. The molecule has 2 saturated heterocycles. The fourth-order valence-corrected chi connectivity index (χ4v) is 3.01. The molecule has 2 unspecified atom stereocenters. The number of carboxylic acids is 1. The maximum atomic E-state index is 12.1. The van der Waals surface area contributed by atoms with Crippen molar-refractivity contribution in [3.63, 3.8) is 0 Å². The van der Waals surface area contributed by atoms with Gasteiger partial charge in [0, 0.05) is 25.2 Å². The number of carbonyl (C=O) groups is 2. The average molecular weight is 270 g/mol. The van der Waals surface area contributed by atoms with Gasteiger partial charge >= 0.3 is 5.97 Å². The van der Waals surface area contributed by atoms with E-state index in [4.69, 9.17) is 9.84 Å². The van der Waals surface area contributed by atoms with E-state index in [1.165, 1.54) is 12.8 Å². The predicted molar refractivity (Wildman–Crippen MR) is 68.8 cm³/mol. The second-order valence-corrected chi connectivity index (χ2v) is 5.43. The Morgan fingerprint density at radius 1 is 1.26 bits per heavy atom. The summed E-state index contributed by atoms with van der Waals surface area (Å²) < 4.78 is 4.89. The van der Waals surface area contributed by atoms with Crippen LogP contribution < -0.4 is 0 Å². The third-order valence-corrected chi connectivity index (χ3v) is 3.96. The minimum atomic E-state index is -1.04. The molecule has 2 heterocycles. The van der Waals surface area contributed by atoms with Gasteiger partial charge in [0.25, 0.3) is 0 Å². The summed E-state index contributed by atoms with van der Waals surface area (Å²) in [6.45, 7) is 4.28. The maximum Gasteiger partial charge on any atom is 0.329 e. The molecule has 2 aliphatic heterocycles. The zero-order chi connectivity index (χ0) is 13.8. The van der Waals surface area contributed by atoms with Crippen LogP contribution in [0.3, 0.4) is 0 Å². The monoisotopic (exact) mass is 270 g/mol. The minimum Gasteiger partial charge on any atom is -0.480 e. The summed E-state index contributed by atoms with van der Waals surface area (Å²) in [6.07, 6.45) is 3.62. The van der Waals surface area contributed by atoms with E-state index in [0.29, 0.717) is 6.04 Å². The Morgan fingerprint density at radius 2 is 2.05 bits per heavy atom. The number of amides is 1. The van der Waals surface area contributed by atoms with E-state index >= 15 is 0 Å². The van der Waals surface area contributed by atoms with Gasteiger partial charge in [-0.05, 0) is 26.3 Å². The highest BCUT2D eigenvalue weighted by molar-refractivity contribution is 5.78. The lowest BCUT2D eigenvalue weighted by Gasteiger charge is -2.47. The van der Waals surface area contributed by atoms with Crippen LogP contribution in [-0.2, 0) is 14.3 Å². The minimum absolute atomic E-state index is 0.0982. The Balaban J connectivity index is 1.85. The molecule has 1 N–H and O–H groups in total. The fraction of sp³-hybridized carbons (Fsp3) is 0.846. The van der Waals surface area contributed by atoms with Crippen LogP contribution in [0.15, 0.2) is 0 Å². The molecule has 0 spiro atoms. The first-order valence-corrected chi connectivity index (χ1v) is 6.91. The number of aliphatic carboxylic acids is 1. The third kappa shape index (κ3) is 3.67. The van der Waals surface area contributed by atoms with Crippen LogP contribution in [0, 0.1) is 0 Å². The van der Waals surface area contributed by atoms with E-state index in [-0.39, 0.29) is 18.6 Å². The first-order chi connectivity index (χ1) is 9.08. The number of hydrogen-bond acceptors (Lipinski definition) is 4. The van der Waals surface area contributed by atoms with Gasteiger partial charge in [-0.1, -0.05) is 6.42 Å². The largest absolute Gasteiger partial charge is 0.480 e. The molecule has 0 aromatic carbocycles. The van der Waals surface area contributed by atoms with E-state index in [9.17, 15) is 9.59 Å². The second-order valence-electron chi connectivity index (χ2n) is 5.43. The number of piperidine rings is 1. The summed E-state index contributed by atoms with van der Waals surface area (Å²) in [5.74, 6) is -1.14. The van der Waals surface area contributed by atoms with Crippen molar-refractivity contribution in [1.29, 1.82) is 0 Å². The summed E-state index contributed by atoms with van der Waals surface area (Å²) in [6, 6.07) is 0.642. The highest BCUT2D eigenvalue weighted by atomic mass is 16.5. The lowest BCUT2D eigenvalue weighted by molar-refractivity contribution is -0.148. The molecule has 2 aliphatic rings. The third-order valence-electron chi connectivity index (χ3n) is 3.96. The van der Waals surface area contributed by atoms with Gasteiger partial charge in [-0.2, -0.15) is 0 Å². The van der Waals surface area contributed by atoms with Crippen LogP contribution >= 0.6 is 0 Å². The topological polar surface area (TPSA) is 70.1 Å². The van der Waals surface area contributed by atoms with Crippen LogP contribution in [0.1, 0.15) is 26.2 Å². The van der Waals surface area contributed by atoms with Gasteiger partial charge in [-0.3, -0.25) is 9.69 Å². The average Bonchev–Trinajstić information content (AvgIpc) is 2.37. The Bertz CT molecular complexity index is 348. The van der Waals surface area contributed by atoms with Gasteiger partial charge in [0.2, 0.25) is 5.91 Å². The van der Waals surface area contributed by atoms with E-state index in [1.54, 1.807) is 0 Å². The van der Waals surface area contributed by atoms with Gasteiger partial charge in [-0.25, -0.2) is 4.79 Å². The van der Waals surface area contributed by atoms with Gasteiger partial charge in [-0.15, -0.1) is 0 Å². The highest BCUT2D eigenvalue weighted by Crippen LogP contribution is 2.23. The molecule has 2 fully saturated rings. The van der Waals surface area contributed by atoms with E-state index < -0.39 is 12.6 Å². The highest BCUT2D eigenvalue weighted by Gasteiger charge is 2.34. The smallest absolute Gasteiger partial charge is 0.329 e. The number of rotatable bonds is 4. The van der Waals surface area contributed by atoms with Crippen molar-refractivity contribution in [2.24, 2.45) is 0 Å². The molecule has 0 aromatic heterocycles. The summed E-state index contributed by atoms with van der Waals surface area (Å²) in [4.78, 5) is 26.7. The molecule has 0 saturated carbocycles. The molecule has 0 radical (unpaired) electrons. The molecule has 0 aromatic rings. The van der Waals surface area contributed by atoms with E-state index in [2.05, 4.69) is 4.90 Å². The van der Waals surface area contributed by atoms with Crippen molar-refractivity contribution in [3.05, 3.63) is 0 Å². The molecule has 2 atom stereocenters. The van der Waals surface area contributed by atoms with E-state index in [1.807, 2.05) is 11.8 Å². The number of carboxylic acid groups (broad SMARTS) is 1. The lowest BCUT2D eigenvalue weighted by atomic mass is 9.97. The van der Waals surface area contributed by atoms with Crippen molar-refractivity contribution in [1.82, 2.24) is 9.80 Å². The zero-order valence-corrected chi connectivity index (χ0v) is 11.4. The second kappa shape index (κ2) is 6.34. The number of piperazine rings is 1. The predicted octanol–water partition coefficient (Wildman–Crippen LogP) is 0.173. The lowest BCUT2D eigenvalue weighted by Crippen LogP contribution is -2.60. The van der Waals surface area contributed by atoms with Crippen LogP contribution in [0.5, 0.6) is 0 Å². The number of fused-ring (bicyclic) bond motifs is 1. The van der Waals surface area contributed by atoms with Gasteiger partial charge in [0.1, 0.15) is 13.2 Å². The maximum absolute atomic E-state index is 12.1. The van der Waals surface area contributed by atoms with Gasteiger partial charge in [0.15, 0.2) is 0 Å². The fourth-order valence-electron chi connectivity index (χ4n) is 3.01. The van der Waals surface area contributed by atoms with Crippen molar-refractivity contribution in [3.8, 4) is 0 Å². The molecule has 1 amide bonds. The molecule has 2 rings (SSSR count). The molecular formula is C13H22N2O4. The number of ether oxygens (including phenoxy) is 1. The van der Waals surface area contributed by atoms with Crippen molar-refractivity contribution >= 4 is 11.9 Å². The molecular weight excluding hydrogens is 248 g/mol.